The maximum Gasteiger partial charge on any atom is 0.0265 e. The van der Waals surface area contributed by atoms with Crippen molar-refractivity contribution in [2.45, 2.75) is 27.2 Å². The van der Waals surface area contributed by atoms with E-state index < -0.39 is 0 Å². The lowest BCUT2D eigenvalue weighted by Gasteiger charge is -2.23. The Balaban J connectivity index is 3.87. The summed E-state index contributed by atoms with van der Waals surface area (Å²) in [6.07, 6.45) is 5.60. The highest BCUT2D eigenvalue weighted by Crippen LogP contribution is 2.05. The molecule has 0 bridgehead atoms. The van der Waals surface area contributed by atoms with Crippen molar-refractivity contribution in [2.24, 2.45) is 0 Å². The molecule has 0 spiro atoms. The molecule has 0 aliphatic carbocycles. The highest BCUT2D eigenvalue weighted by Gasteiger charge is 2.00. The Morgan fingerprint density at radius 2 is 2.08 bits per heavy atom. The van der Waals surface area contributed by atoms with Gasteiger partial charge in [0.2, 0.25) is 0 Å². The summed E-state index contributed by atoms with van der Waals surface area (Å²) in [6.45, 7) is 8.91. The van der Waals surface area contributed by atoms with Crippen molar-refractivity contribution in [2.75, 3.05) is 25.1 Å². The lowest BCUT2D eigenvalue weighted by molar-refractivity contribution is 0.385. The van der Waals surface area contributed by atoms with Crippen LogP contribution in [0.3, 0.4) is 0 Å². The zero-order chi connectivity index (χ0) is 9.40. The maximum absolute atomic E-state index is 2.43. The van der Waals surface area contributed by atoms with E-state index in [4.69, 9.17) is 0 Å². The lowest BCUT2D eigenvalue weighted by atomic mass is 10.3. The third-order valence-corrected chi connectivity index (χ3v) is 2.54. The molecule has 1 nitrogen and oxygen atoms in total. The number of hydrogen-bond donors (Lipinski definition) is 0. The number of rotatable bonds is 6. The molecule has 0 aromatic carbocycles. The van der Waals surface area contributed by atoms with Crippen LogP contribution in [-0.2, 0) is 0 Å². The van der Waals surface area contributed by atoms with Gasteiger partial charge in [0.05, 0.1) is 0 Å². The van der Waals surface area contributed by atoms with Crippen LogP contribution in [0.2, 0.25) is 0 Å². The third-order valence-electron chi connectivity index (χ3n) is 1.95. The standard InChI is InChI=1S/C10H21NS/c1-5-7-10(3)11(6-2)8-9-12-4/h7H,5-6,8-9H2,1-4H3/b10-7+. The number of nitrogens with zero attached hydrogens (tertiary/aromatic N) is 1. The van der Waals surface area contributed by atoms with E-state index in [9.17, 15) is 0 Å². The molecule has 0 unspecified atom stereocenters. The molecule has 12 heavy (non-hydrogen) atoms. The van der Waals surface area contributed by atoms with Gasteiger partial charge in [-0.1, -0.05) is 13.0 Å². The first-order chi connectivity index (χ1) is 5.76. The normalized spacial score (nSPS) is 11.8. The molecule has 0 atom stereocenters. The summed E-state index contributed by atoms with van der Waals surface area (Å²) in [4.78, 5) is 2.43. The molecule has 0 fully saturated rings. The van der Waals surface area contributed by atoms with Crippen LogP contribution in [0.4, 0.5) is 0 Å². The number of allylic oxidation sites excluding steroid dienone is 2. The third kappa shape index (κ3) is 4.70. The van der Waals surface area contributed by atoms with E-state index in [-0.39, 0.29) is 0 Å². The fraction of sp³-hybridized carbons (Fsp3) is 0.800. The molecule has 0 heterocycles. The Kier molecular flexibility index (Phi) is 7.47. The van der Waals surface area contributed by atoms with Crippen LogP contribution in [0.25, 0.3) is 0 Å². The molecular formula is C10H21NS. The van der Waals surface area contributed by atoms with E-state index in [1.807, 2.05) is 11.8 Å². The van der Waals surface area contributed by atoms with Gasteiger partial charge in [0.15, 0.2) is 0 Å². The minimum atomic E-state index is 1.13. The van der Waals surface area contributed by atoms with Crippen LogP contribution in [-0.4, -0.2) is 30.0 Å². The number of thioether (sulfide) groups is 1. The quantitative estimate of drug-likeness (QED) is 0.629. The van der Waals surface area contributed by atoms with Crippen molar-refractivity contribution in [3.8, 4) is 0 Å². The molecular weight excluding hydrogens is 166 g/mol. The molecule has 72 valence electrons. The van der Waals surface area contributed by atoms with Crippen molar-refractivity contribution < 1.29 is 0 Å². The smallest absolute Gasteiger partial charge is 0.0265 e. The van der Waals surface area contributed by atoms with Crippen LogP contribution in [0.5, 0.6) is 0 Å². The first-order valence-electron chi connectivity index (χ1n) is 4.66. The van der Waals surface area contributed by atoms with Gasteiger partial charge in [-0.05, 0) is 26.5 Å². The van der Waals surface area contributed by atoms with Gasteiger partial charge in [0.25, 0.3) is 0 Å². The Labute approximate surface area is 81.2 Å². The predicted octanol–water partition coefficient (Wildman–Crippen LogP) is 2.99. The van der Waals surface area contributed by atoms with E-state index in [1.54, 1.807) is 0 Å². The van der Waals surface area contributed by atoms with Crippen LogP contribution >= 0.6 is 11.8 Å². The van der Waals surface area contributed by atoms with Crippen molar-refractivity contribution >= 4 is 11.8 Å². The summed E-state index contributed by atoms with van der Waals surface area (Å²) in [6, 6.07) is 0. The van der Waals surface area contributed by atoms with E-state index in [0.29, 0.717) is 0 Å². The van der Waals surface area contributed by atoms with E-state index in [0.717, 1.165) is 13.0 Å². The largest absolute Gasteiger partial charge is 0.375 e. The topological polar surface area (TPSA) is 3.24 Å². The van der Waals surface area contributed by atoms with Crippen molar-refractivity contribution in [1.82, 2.24) is 4.90 Å². The van der Waals surface area contributed by atoms with E-state index >= 15 is 0 Å². The van der Waals surface area contributed by atoms with Crippen LogP contribution in [0, 0.1) is 0 Å². The average Bonchev–Trinajstić information content (AvgIpc) is 2.06. The summed E-state index contributed by atoms with van der Waals surface area (Å²) < 4.78 is 0. The fourth-order valence-corrected chi connectivity index (χ4v) is 1.61. The molecule has 0 N–H and O–H groups in total. The second-order valence-corrected chi connectivity index (χ2v) is 3.81. The molecule has 0 radical (unpaired) electrons. The van der Waals surface area contributed by atoms with Crippen molar-refractivity contribution in [3.63, 3.8) is 0 Å². The van der Waals surface area contributed by atoms with Gasteiger partial charge in [-0.2, -0.15) is 11.8 Å². The summed E-state index contributed by atoms with van der Waals surface area (Å²) >= 11 is 1.91. The van der Waals surface area contributed by atoms with Crippen LogP contribution < -0.4 is 0 Å². The second-order valence-electron chi connectivity index (χ2n) is 2.83. The molecule has 0 aliphatic heterocycles. The molecule has 2 heteroatoms. The van der Waals surface area contributed by atoms with Gasteiger partial charge in [-0.15, -0.1) is 0 Å². The summed E-state index contributed by atoms with van der Waals surface area (Å²) in [7, 11) is 0. The van der Waals surface area contributed by atoms with Gasteiger partial charge in [-0.3, -0.25) is 0 Å². The van der Waals surface area contributed by atoms with Gasteiger partial charge in [0, 0.05) is 24.5 Å². The molecule has 0 rings (SSSR count). The van der Waals surface area contributed by atoms with E-state index in [1.165, 1.54) is 18.0 Å². The minimum Gasteiger partial charge on any atom is -0.375 e. The predicted molar refractivity (Wildman–Crippen MR) is 59.7 cm³/mol. The van der Waals surface area contributed by atoms with Gasteiger partial charge >= 0.3 is 0 Å². The number of hydrogen-bond acceptors (Lipinski definition) is 2. The molecule has 0 saturated heterocycles. The molecule has 0 amide bonds. The van der Waals surface area contributed by atoms with Crippen molar-refractivity contribution in [1.29, 1.82) is 0 Å². The Morgan fingerprint density at radius 3 is 2.50 bits per heavy atom. The highest BCUT2D eigenvalue weighted by molar-refractivity contribution is 7.98. The Hall–Kier alpha value is -0.110. The second kappa shape index (κ2) is 7.53. The van der Waals surface area contributed by atoms with E-state index in [2.05, 4.69) is 38.0 Å². The van der Waals surface area contributed by atoms with Crippen molar-refractivity contribution in [3.05, 3.63) is 11.8 Å². The summed E-state index contributed by atoms with van der Waals surface area (Å²) in [5.41, 5.74) is 1.43. The molecule has 0 aliphatic rings. The van der Waals surface area contributed by atoms with Gasteiger partial charge in [-0.25, -0.2) is 0 Å². The summed E-state index contributed by atoms with van der Waals surface area (Å²) in [5, 5.41) is 0. The molecule has 0 aromatic heterocycles. The maximum atomic E-state index is 2.43. The minimum absolute atomic E-state index is 1.13. The lowest BCUT2D eigenvalue weighted by Crippen LogP contribution is -2.23. The first-order valence-corrected chi connectivity index (χ1v) is 6.06. The van der Waals surface area contributed by atoms with Gasteiger partial charge in [0.1, 0.15) is 0 Å². The first kappa shape index (κ1) is 11.9. The van der Waals surface area contributed by atoms with Crippen LogP contribution in [0.15, 0.2) is 11.8 Å². The molecule has 0 aromatic rings. The fourth-order valence-electron chi connectivity index (χ4n) is 1.21. The zero-order valence-corrected chi connectivity index (χ0v) is 9.58. The van der Waals surface area contributed by atoms with Crippen LogP contribution in [0.1, 0.15) is 27.2 Å². The monoisotopic (exact) mass is 187 g/mol. The molecule has 0 saturated carbocycles. The van der Waals surface area contributed by atoms with Gasteiger partial charge < -0.3 is 4.90 Å². The highest BCUT2D eigenvalue weighted by atomic mass is 32.2. The SMILES string of the molecule is CC/C=C(\C)N(CC)CCSC. The Bertz CT molecular complexity index is 132. The Morgan fingerprint density at radius 1 is 1.42 bits per heavy atom. The average molecular weight is 187 g/mol. The zero-order valence-electron chi connectivity index (χ0n) is 8.76. The summed E-state index contributed by atoms with van der Waals surface area (Å²) in [5.74, 6) is 1.22.